The van der Waals surface area contributed by atoms with Crippen LogP contribution in [0.15, 0.2) is 28.8 Å². The molecule has 1 aromatic carbocycles. The van der Waals surface area contributed by atoms with Crippen LogP contribution in [-0.4, -0.2) is 58.1 Å². The topological polar surface area (TPSA) is 71.7 Å². The summed E-state index contributed by atoms with van der Waals surface area (Å²) in [6, 6.07) is 8.03. The molecule has 2 aliphatic rings. The molecular formula is C20H22N4O3S. The Hall–Kier alpha value is -2.45. The molecule has 2 saturated heterocycles. The van der Waals surface area contributed by atoms with Gasteiger partial charge in [0.15, 0.2) is 11.5 Å². The highest BCUT2D eigenvalue weighted by molar-refractivity contribution is 7.18. The van der Waals surface area contributed by atoms with Gasteiger partial charge in [-0.05, 0) is 38.4 Å². The third kappa shape index (κ3) is 3.38. The Labute approximate surface area is 166 Å². The Morgan fingerprint density at radius 2 is 2.25 bits per heavy atom. The minimum absolute atomic E-state index is 0.0547. The standard InChI is InChI=1S/C20H22N4O3S/c1-13-21-17-9-15(4-5-19(17)28-13)26-12-16-10-18(22-27-16)20(25)24-8-7-23-6-2-3-14(23)11-24/h4-5,9-10,14H,2-3,6-8,11-12H2,1H3. The molecule has 0 saturated carbocycles. The number of amides is 1. The van der Waals surface area contributed by atoms with Gasteiger partial charge >= 0.3 is 0 Å². The maximum atomic E-state index is 12.8. The summed E-state index contributed by atoms with van der Waals surface area (Å²) in [5.41, 5.74) is 1.29. The fourth-order valence-electron chi connectivity index (χ4n) is 4.09. The van der Waals surface area contributed by atoms with Crippen LogP contribution in [-0.2, 0) is 6.61 Å². The zero-order valence-electron chi connectivity index (χ0n) is 15.8. The molecule has 3 aromatic rings. The second-order valence-electron chi connectivity index (χ2n) is 7.41. The predicted octanol–water partition coefficient (Wildman–Crippen LogP) is 3.09. The fraction of sp³-hybridized carbons (Fsp3) is 0.450. The molecule has 0 aliphatic carbocycles. The minimum atomic E-state index is -0.0547. The molecule has 0 radical (unpaired) electrons. The highest BCUT2D eigenvalue weighted by atomic mass is 32.1. The molecule has 146 valence electrons. The maximum absolute atomic E-state index is 12.8. The smallest absolute Gasteiger partial charge is 0.276 e. The van der Waals surface area contributed by atoms with Crippen molar-refractivity contribution in [3.63, 3.8) is 0 Å². The van der Waals surface area contributed by atoms with Gasteiger partial charge in [-0.2, -0.15) is 0 Å². The van der Waals surface area contributed by atoms with Crippen molar-refractivity contribution in [1.82, 2.24) is 19.9 Å². The molecule has 0 N–H and O–H groups in total. The van der Waals surface area contributed by atoms with Crippen LogP contribution in [0, 0.1) is 6.92 Å². The summed E-state index contributed by atoms with van der Waals surface area (Å²) >= 11 is 1.66. The molecule has 0 spiro atoms. The summed E-state index contributed by atoms with van der Waals surface area (Å²) in [4.78, 5) is 21.6. The largest absolute Gasteiger partial charge is 0.485 e. The van der Waals surface area contributed by atoms with Crippen LogP contribution in [0.5, 0.6) is 5.75 Å². The van der Waals surface area contributed by atoms with E-state index >= 15 is 0 Å². The van der Waals surface area contributed by atoms with Gasteiger partial charge in [0.1, 0.15) is 12.4 Å². The molecule has 8 heteroatoms. The number of rotatable bonds is 4. The van der Waals surface area contributed by atoms with Gasteiger partial charge in [-0.15, -0.1) is 11.3 Å². The van der Waals surface area contributed by atoms with Crippen LogP contribution in [0.3, 0.4) is 0 Å². The summed E-state index contributed by atoms with van der Waals surface area (Å²) in [6.07, 6.45) is 2.40. The van der Waals surface area contributed by atoms with Gasteiger partial charge in [0, 0.05) is 37.8 Å². The Bertz CT molecular complexity index is 1010. The zero-order valence-corrected chi connectivity index (χ0v) is 16.6. The van der Waals surface area contributed by atoms with E-state index in [1.165, 1.54) is 12.8 Å². The Balaban J connectivity index is 1.22. The van der Waals surface area contributed by atoms with E-state index < -0.39 is 0 Å². The van der Waals surface area contributed by atoms with Crippen molar-refractivity contribution in [2.45, 2.75) is 32.4 Å². The van der Waals surface area contributed by atoms with Crippen molar-refractivity contribution < 1.29 is 14.1 Å². The number of hydrogen-bond donors (Lipinski definition) is 0. The van der Waals surface area contributed by atoms with Gasteiger partial charge < -0.3 is 14.2 Å². The second kappa shape index (κ2) is 7.18. The molecule has 4 heterocycles. The van der Waals surface area contributed by atoms with Gasteiger partial charge in [-0.1, -0.05) is 5.16 Å². The van der Waals surface area contributed by atoms with Crippen molar-refractivity contribution in [1.29, 1.82) is 0 Å². The molecule has 2 fully saturated rings. The Morgan fingerprint density at radius 3 is 3.18 bits per heavy atom. The van der Waals surface area contributed by atoms with Gasteiger partial charge in [0.05, 0.1) is 15.2 Å². The lowest BCUT2D eigenvalue weighted by atomic mass is 10.1. The molecule has 1 amide bonds. The summed E-state index contributed by atoms with van der Waals surface area (Å²) in [6.45, 7) is 5.86. The van der Waals surface area contributed by atoms with Crippen molar-refractivity contribution in [2.75, 3.05) is 26.2 Å². The van der Waals surface area contributed by atoms with Crippen molar-refractivity contribution in [3.8, 4) is 5.75 Å². The average Bonchev–Trinajstić information content (AvgIpc) is 3.43. The monoisotopic (exact) mass is 398 g/mol. The molecule has 1 unspecified atom stereocenters. The molecule has 5 rings (SSSR count). The second-order valence-corrected chi connectivity index (χ2v) is 8.65. The summed E-state index contributed by atoms with van der Waals surface area (Å²) in [7, 11) is 0. The van der Waals surface area contributed by atoms with Crippen LogP contribution >= 0.6 is 11.3 Å². The highest BCUT2D eigenvalue weighted by Crippen LogP contribution is 2.26. The summed E-state index contributed by atoms with van der Waals surface area (Å²) in [5.74, 6) is 1.21. The lowest BCUT2D eigenvalue weighted by molar-refractivity contribution is 0.0561. The Kier molecular flexibility index (Phi) is 4.52. The number of nitrogens with zero attached hydrogens (tertiary/aromatic N) is 4. The van der Waals surface area contributed by atoms with Crippen molar-refractivity contribution in [2.24, 2.45) is 0 Å². The SMILES string of the molecule is Cc1nc2cc(OCc3cc(C(=O)N4CCN5CCCC5C4)no3)ccc2s1. The van der Waals surface area contributed by atoms with Crippen molar-refractivity contribution in [3.05, 3.63) is 40.7 Å². The van der Waals surface area contributed by atoms with E-state index in [0.29, 0.717) is 17.5 Å². The molecule has 2 aliphatic heterocycles. The number of piperazine rings is 1. The van der Waals surface area contributed by atoms with Crippen LogP contribution in [0.25, 0.3) is 10.2 Å². The number of ether oxygens (including phenoxy) is 1. The first-order valence-corrected chi connectivity index (χ1v) is 10.5. The first-order valence-electron chi connectivity index (χ1n) is 9.64. The third-order valence-corrected chi connectivity index (χ3v) is 6.45. The van der Waals surface area contributed by atoms with Crippen LogP contribution in [0.1, 0.15) is 34.1 Å². The van der Waals surface area contributed by atoms with Gasteiger partial charge in [0.25, 0.3) is 5.91 Å². The summed E-state index contributed by atoms with van der Waals surface area (Å²) in [5, 5.41) is 5.00. The van der Waals surface area contributed by atoms with Crippen LogP contribution < -0.4 is 4.74 Å². The van der Waals surface area contributed by atoms with Crippen molar-refractivity contribution >= 4 is 27.5 Å². The molecule has 0 bridgehead atoms. The fourth-order valence-corrected chi connectivity index (χ4v) is 4.89. The minimum Gasteiger partial charge on any atom is -0.485 e. The van der Waals surface area contributed by atoms with E-state index in [9.17, 15) is 4.79 Å². The number of carbonyl (C=O) groups is 1. The number of carbonyl (C=O) groups excluding carboxylic acids is 1. The van der Waals surface area contributed by atoms with Crippen LogP contribution in [0.4, 0.5) is 0 Å². The average molecular weight is 398 g/mol. The van der Waals surface area contributed by atoms with Gasteiger partial charge in [0.2, 0.25) is 0 Å². The molecular weight excluding hydrogens is 376 g/mol. The predicted molar refractivity (Wildman–Crippen MR) is 106 cm³/mol. The molecule has 7 nitrogen and oxygen atoms in total. The van der Waals surface area contributed by atoms with E-state index in [0.717, 1.165) is 47.2 Å². The third-order valence-electron chi connectivity index (χ3n) is 5.50. The number of thiazole rings is 1. The van der Waals surface area contributed by atoms with Crippen LogP contribution in [0.2, 0.25) is 0 Å². The van der Waals surface area contributed by atoms with E-state index in [-0.39, 0.29) is 12.5 Å². The van der Waals surface area contributed by atoms with E-state index in [1.807, 2.05) is 30.0 Å². The van der Waals surface area contributed by atoms with Gasteiger partial charge in [-0.3, -0.25) is 9.69 Å². The maximum Gasteiger partial charge on any atom is 0.276 e. The number of hydrogen-bond acceptors (Lipinski definition) is 7. The molecule has 2 aromatic heterocycles. The lowest BCUT2D eigenvalue weighted by Gasteiger charge is -2.37. The number of fused-ring (bicyclic) bond motifs is 2. The normalized spacial score (nSPS) is 19.9. The quantitative estimate of drug-likeness (QED) is 0.673. The number of benzene rings is 1. The zero-order chi connectivity index (χ0) is 19.1. The van der Waals surface area contributed by atoms with E-state index in [1.54, 1.807) is 17.4 Å². The van der Waals surface area contributed by atoms with Gasteiger partial charge in [-0.25, -0.2) is 4.98 Å². The first kappa shape index (κ1) is 17.6. The first-order chi connectivity index (χ1) is 13.7. The highest BCUT2D eigenvalue weighted by Gasteiger charge is 2.33. The lowest BCUT2D eigenvalue weighted by Crippen LogP contribution is -2.52. The summed E-state index contributed by atoms with van der Waals surface area (Å²) < 4.78 is 12.3. The Morgan fingerprint density at radius 1 is 1.32 bits per heavy atom. The molecule has 1 atom stereocenters. The molecule has 28 heavy (non-hydrogen) atoms. The van der Waals surface area contributed by atoms with E-state index in [4.69, 9.17) is 9.26 Å². The number of aromatic nitrogens is 2. The van der Waals surface area contributed by atoms with E-state index in [2.05, 4.69) is 15.0 Å². The number of aryl methyl sites for hydroxylation is 1.